The maximum Gasteiger partial charge on any atom is 0.267 e. The van der Waals surface area contributed by atoms with Gasteiger partial charge < -0.3 is 0 Å². The van der Waals surface area contributed by atoms with E-state index in [1.165, 1.54) is 10.7 Å². The van der Waals surface area contributed by atoms with Crippen molar-refractivity contribution in [3.05, 3.63) is 63.5 Å². The van der Waals surface area contributed by atoms with Gasteiger partial charge in [-0.2, -0.15) is 5.10 Å². The number of nitrogens with zero attached hydrogens (tertiary/aromatic N) is 2. The van der Waals surface area contributed by atoms with Crippen molar-refractivity contribution in [3.63, 3.8) is 0 Å². The van der Waals surface area contributed by atoms with Crippen molar-refractivity contribution in [2.24, 2.45) is 0 Å². The molecule has 0 amide bonds. The van der Waals surface area contributed by atoms with E-state index in [1.807, 2.05) is 12.1 Å². The third-order valence-electron chi connectivity index (χ3n) is 2.03. The molecule has 2 rings (SSSR count). The van der Waals surface area contributed by atoms with Gasteiger partial charge in [0.25, 0.3) is 5.56 Å². The smallest absolute Gasteiger partial charge is 0.267 e. The minimum atomic E-state index is -0.104. The zero-order chi connectivity index (χ0) is 10.7. The van der Waals surface area contributed by atoms with Crippen LogP contribution in [0.2, 0.25) is 5.02 Å². The summed E-state index contributed by atoms with van der Waals surface area (Å²) >= 11 is 5.76. The molecule has 0 unspecified atom stereocenters. The van der Waals surface area contributed by atoms with Gasteiger partial charge in [-0.3, -0.25) is 4.79 Å². The Kier molecular flexibility index (Phi) is 2.83. The second kappa shape index (κ2) is 4.28. The predicted octanol–water partition coefficient (Wildman–Crippen LogP) is 1.95. The fraction of sp³-hybridized carbons (Fsp3) is 0.0909. The molecule has 0 fully saturated rings. The third kappa shape index (κ3) is 2.44. The van der Waals surface area contributed by atoms with E-state index >= 15 is 0 Å². The Morgan fingerprint density at radius 3 is 2.60 bits per heavy atom. The van der Waals surface area contributed by atoms with Crippen LogP contribution in [0.3, 0.4) is 0 Å². The molecule has 2 aromatic rings. The maximum absolute atomic E-state index is 11.4. The molecule has 0 aliphatic carbocycles. The van der Waals surface area contributed by atoms with Gasteiger partial charge in [-0.1, -0.05) is 23.7 Å². The molecule has 0 spiro atoms. The highest BCUT2D eigenvalue weighted by Gasteiger charge is 1.97. The zero-order valence-electron chi connectivity index (χ0n) is 7.93. The summed E-state index contributed by atoms with van der Waals surface area (Å²) < 4.78 is 1.41. The van der Waals surface area contributed by atoms with Gasteiger partial charge >= 0.3 is 0 Å². The standard InChI is InChI=1S/C11H9ClN2O/c12-10-5-3-9(4-6-10)8-14-11(15)2-1-7-13-14/h1-7H,8H2. The van der Waals surface area contributed by atoms with Crippen molar-refractivity contribution in [1.29, 1.82) is 0 Å². The van der Waals surface area contributed by atoms with Crippen LogP contribution in [0.1, 0.15) is 5.56 Å². The molecule has 1 heterocycles. The van der Waals surface area contributed by atoms with Crippen molar-refractivity contribution >= 4 is 11.6 Å². The van der Waals surface area contributed by atoms with Crippen molar-refractivity contribution in [3.8, 4) is 0 Å². The van der Waals surface area contributed by atoms with Crippen molar-refractivity contribution in [1.82, 2.24) is 9.78 Å². The molecule has 0 bridgehead atoms. The number of rotatable bonds is 2. The largest absolute Gasteiger partial charge is 0.268 e. The minimum Gasteiger partial charge on any atom is -0.268 e. The van der Waals surface area contributed by atoms with Gasteiger partial charge in [0.15, 0.2) is 0 Å². The summed E-state index contributed by atoms with van der Waals surface area (Å²) in [6.45, 7) is 0.469. The van der Waals surface area contributed by atoms with Gasteiger partial charge in [-0.05, 0) is 23.8 Å². The Morgan fingerprint density at radius 2 is 1.93 bits per heavy atom. The second-order valence-corrected chi connectivity index (χ2v) is 3.58. The van der Waals surface area contributed by atoms with Crippen LogP contribution in [0.25, 0.3) is 0 Å². The first-order chi connectivity index (χ1) is 7.25. The van der Waals surface area contributed by atoms with Crippen LogP contribution in [-0.4, -0.2) is 9.78 Å². The molecule has 3 nitrogen and oxygen atoms in total. The van der Waals surface area contributed by atoms with E-state index in [4.69, 9.17) is 11.6 Å². The number of hydrogen-bond acceptors (Lipinski definition) is 2. The molecule has 0 saturated carbocycles. The monoisotopic (exact) mass is 220 g/mol. The normalized spacial score (nSPS) is 10.2. The topological polar surface area (TPSA) is 34.9 Å². The van der Waals surface area contributed by atoms with Gasteiger partial charge in [0.1, 0.15) is 0 Å². The van der Waals surface area contributed by atoms with Crippen LogP contribution in [0, 0.1) is 0 Å². The maximum atomic E-state index is 11.4. The minimum absolute atomic E-state index is 0.104. The average Bonchev–Trinajstić information content (AvgIpc) is 2.25. The van der Waals surface area contributed by atoms with Gasteiger partial charge in [0.05, 0.1) is 6.54 Å². The lowest BCUT2D eigenvalue weighted by atomic mass is 10.2. The molecule has 0 aliphatic heterocycles. The van der Waals surface area contributed by atoms with Gasteiger partial charge in [0, 0.05) is 17.3 Å². The third-order valence-corrected chi connectivity index (χ3v) is 2.28. The summed E-state index contributed by atoms with van der Waals surface area (Å²) in [6.07, 6.45) is 1.59. The Morgan fingerprint density at radius 1 is 1.20 bits per heavy atom. The molecule has 4 heteroatoms. The lowest BCUT2D eigenvalue weighted by molar-refractivity contribution is 0.639. The Bertz CT molecular complexity index is 504. The number of aromatic nitrogens is 2. The fourth-order valence-corrected chi connectivity index (χ4v) is 1.39. The van der Waals surface area contributed by atoms with Crippen molar-refractivity contribution in [2.45, 2.75) is 6.54 Å². The van der Waals surface area contributed by atoms with Crippen LogP contribution in [0.15, 0.2) is 47.4 Å². The van der Waals surface area contributed by atoms with E-state index < -0.39 is 0 Å². The first-order valence-electron chi connectivity index (χ1n) is 4.52. The average molecular weight is 221 g/mol. The summed E-state index contributed by atoms with van der Waals surface area (Å²) in [5, 5.41) is 4.65. The van der Waals surface area contributed by atoms with Crippen LogP contribution in [-0.2, 0) is 6.54 Å². The highest BCUT2D eigenvalue weighted by atomic mass is 35.5. The van der Waals surface area contributed by atoms with E-state index in [1.54, 1.807) is 24.4 Å². The van der Waals surface area contributed by atoms with Gasteiger partial charge in [-0.25, -0.2) is 4.68 Å². The summed E-state index contributed by atoms with van der Waals surface area (Å²) in [4.78, 5) is 11.4. The quantitative estimate of drug-likeness (QED) is 0.776. The zero-order valence-corrected chi connectivity index (χ0v) is 8.69. The molecule has 1 aromatic heterocycles. The molecule has 0 atom stereocenters. The molecule has 15 heavy (non-hydrogen) atoms. The highest BCUT2D eigenvalue weighted by Crippen LogP contribution is 2.09. The van der Waals surface area contributed by atoms with E-state index in [2.05, 4.69) is 5.10 Å². The molecule has 0 saturated heterocycles. The molecule has 76 valence electrons. The summed E-state index contributed by atoms with van der Waals surface area (Å²) in [5.41, 5.74) is 0.896. The Labute approximate surface area is 91.9 Å². The molecule has 1 aromatic carbocycles. The van der Waals surface area contributed by atoms with E-state index in [-0.39, 0.29) is 5.56 Å². The highest BCUT2D eigenvalue weighted by molar-refractivity contribution is 6.30. The predicted molar refractivity (Wildman–Crippen MR) is 59.1 cm³/mol. The second-order valence-electron chi connectivity index (χ2n) is 3.15. The number of hydrogen-bond donors (Lipinski definition) is 0. The van der Waals surface area contributed by atoms with Crippen LogP contribution in [0.5, 0.6) is 0 Å². The summed E-state index contributed by atoms with van der Waals surface area (Å²) in [7, 11) is 0. The van der Waals surface area contributed by atoms with E-state index in [0.717, 1.165) is 5.56 Å². The Hall–Kier alpha value is -1.61. The van der Waals surface area contributed by atoms with Crippen LogP contribution >= 0.6 is 11.6 Å². The summed E-state index contributed by atoms with van der Waals surface area (Å²) in [6, 6.07) is 10.5. The first kappa shape index (κ1) is 9.93. The lowest BCUT2D eigenvalue weighted by Crippen LogP contribution is -2.21. The number of halogens is 1. The van der Waals surface area contributed by atoms with E-state index in [0.29, 0.717) is 11.6 Å². The molecule has 0 N–H and O–H groups in total. The fourth-order valence-electron chi connectivity index (χ4n) is 1.27. The van der Waals surface area contributed by atoms with Crippen molar-refractivity contribution < 1.29 is 0 Å². The van der Waals surface area contributed by atoms with Gasteiger partial charge in [0.2, 0.25) is 0 Å². The first-order valence-corrected chi connectivity index (χ1v) is 4.90. The van der Waals surface area contributed by atoms with Crippen LogP contribution in [0.4, 0.5) is 0 Å². The molecule has 0 radical (unpaired) electrons. The van der Waals surface area contributed by atoms with Gasteiger partial charge in [-0.15, -0.1) is 0 Å². The Balaban J connectivity index is 2.26. The number of benzene rings is 1. The molecular formula is C11H9ClN2O. The molecule has 0 aliphatic rings. The lowest BCUT2D eigenvalue weighted by Gasteiger charge is -2.03. The summed E-state index contributed by atoms with van der Waals surface area (Å²) in [5.74, 6) is 0. The molecular weight excluding hydrogens is 212 g/mol. The van der Waals surface area contributed by atoms with E-state index in [9.17, 15) is 4.79 Å². The SMILES string of the molecule is O=c1cccnn1Cc1ccc(Cl)cc1. The van der Waals surface area contributed by atoms with Crippen molar-refractivity contribution in [2.75, 3.05) is 0 Å². The van der Waals surface area contributed by atoms with Crippen LogP contribution < -0.4 is 5.56 Å².